The maximum Gasteiger partial charge on any atom is 0.307 e. The Morgan fingerprint density at radius 2 is 1.75 bits per heavy atom. The molecule has 2 aromatic heterocycles. The van der Waals surface area contributed by atoms with Crippen molar-refractivity contribution in [2.24, 2.45) is 0 Å². The molecule has 0 saturated heterocycles. The van der Waals surface area contributed by atoms with Crippen molar-refractivity contribution in [3.63, 3.8) is 0 Å². The predicted octanol–water partition coefficient (Wildman–Crippen LogP) is 4.85. The minimum absolute atomic E-state index is 0.0573. The van der Waals surface area contributed by atoms with Crippen LogP contribution in [0.25, 0.3) is 17.0 Å². The van der Waals surface area contributed by atoms with Crippen LogP contribution in [0.5, 0.6) is 0 Å². The first kappa shape index (κ1) is 27.1. The molecule has 36 heavy (non-hydrogen) atoms. The maximum atomic E-state index is 13.9. The number of benzene rings is 1. The van der Waals surface area contributed by atoms with Gasteiger partial charge in [0.15, 0.2) is 24.1 Å². The zero-order chi connectivity index (χ0) is 25.8. The topological polar surface area (TPSA) is 137 Å². The van der Waals surface area contributed by atoms with Crippen LogP contribution >= 0.6 is 0 Å². The fraction of sp³-hybridized carbons (Fsp3) is 0.542. The van der Waals surface area contributed by atoms with Gasteiger partial charge in [0.05, 0.1) is 5.69 Å². The van der Waals surface area contributed by atoms with Gasteiger partial charge in [0.2, 0.25) is 6.54 Å². The van der Waals surface area contributed by atoms with Gasteiger partial charge in [-0.05, 0) is 44.0 Å². The normalized spacial score (nSPS) is 11.2. The van der Waals surface area contributed by atoms with Gasteiger partial charge in [-0.1, -0.05) is 32.1 Å². The minimum atomic E-state index is -0.416. The molecule has 0 saturated carbocycles. The average Bonchev–Trinajstić information content (AvgIpc) is 3.38. The number of ether oxygens (including phenoxy) is 2. The van der Waals surface area contributed by atoms with E-state index in [1.54, 1.807) is 6.92 Å². The van der Waals surface area contributed by atoms with Gasteiger partial charge in [0.1, 0.15) is 6.73 Å². The van der Waals surface area contributed by atoms with Gasteiger partial charge in [0.25, 0.3) is 0 Å². The fourth-order valence-electron chi connectivity index (χ4n) is 3.71. The molecular formula is C24H33FN6O5. The first-order chi connectivity index (χ1) is 17.4. The lowest BCUT2D eigenvalue weighted by molar-refractivity contribution is -0.480. The fourth-order valence-corrected chi connectivity index (χ4v) is 3.71. The summed E-state index contributed by atoms with van der Waals surface area (Å²) >= 11 is 0. The molecule has 3 aromatic rings. The summed E-state index contributed by atoms with van der Waals surface area (Å²) in [6.07, 6.45) is 7.86. The van der Waals surface area contributed by atoms with E-state index in [2.05, 4.69) is 20.5 Å². The molecule has 2 N–H and O–H groups in total. The molecule has 0 radical (unpaired) electrons. The largest absolute Gasteiger partial charge is 0.438 e. The number of fused-ring (bicyclic) bond motifs is 1. The summed E-state index contributed by atoms with van der Waals surface area (Å²) in [6, 6.07) is 7.35. The molecule has 0 bridgehead atoms. The number of carbonyl (C=O) groups excluding carboxylic acids is 1. The number of aromatic amines is 1. The number of rotatable bonds is 17. The van der Waals surface area contributed by atoms with Crippen LogP contribution in [-0.2, 0) is 14.3 Å². The Balaban J connectivity index is 1.20. The number of nitrogens with zero attached hydrogens (tertiary/aromatic N) is 4. The van der Waals surface area contributed by atoms with Crippen molar-refractivity contribution in [2.45, 2.75) is 64.7 Å². The Hall–Kier alpha value is -3.54. The number of H-pyrrole nitrogens is 1. The second-order valence-corrected chi connectivity index (χ2v) is 8.58. The number of halogens is 1. The van der Waals surface area contributed by atoms with E-state index in [9.17, 15) is 19.3 Å². The Morgan fingerprint density at radius 1 is 1.08 bits per heavy atom. The van der Waals surface area contributed by atoms with Crippen molar-refractivity contribution in [2.75, 3.05) is 25.4 Å². The number of nitrogens with one attached hydrogen (secondary N) is 2. The third-order valence-corrected chi connectivity index (χ3v) is 5.71. The van der Waals surface area contributed by atoms with Crippen molar-refractivity contribution in [3.05, 3.63) is 45.9 Å². The number of hydrogen-bond acceptors (Lipinski definition) is 8. The smallest absolute Gasteiger partial charge is 0.307 e. The van der Waals surface area contributed by atoms with Gasteiger partial charge in [-0.3, -0.25) is 14.9 Å². The zero-order valence-corrected chi connectivity index (χ0v) is 20.5. The van der Waals surface area contributed by atoms with Crippen molar-refractivity contribution in [1.29, 1.82) is 0 Å². The van der Waals surface area contributed by atoms with Crippen LogP contribution in [0.15, 0.2) is 24.3 Å². The van der Waals surface area contributed by atoms with Gasteiger partial charge in [0, 0.05) is 29.0 Å². The molecule has 0 aliphatic carbocycles. The molecule has 0 fully saturated rings. The van der Waals surface area contributed by atoms with E-state index in [4.69, 9.17) is 9.47 Å². The number of nitro groups is 1. The summed E-state index contributed by atoms with van der Waals surface area (Å²) in [5.41, 5.74) is 2.11. The number of esters is 1. The van der Waals surface area contributed by atoms with Crippen LogP contribution in [0.4, 0.5) is 10.1 Å². The van der Waals surface area contributed by atoms with Crippen LogP contribution < -0.4 is 5.32 Å². The standard InChI is InChI=1S/C24H33FN6O5/c1-18-22(25)24-27-23(29-31(24)28-18)19-11-13-20(14-12-19)26-16-35-17-36-21(32)10-8-6-4-2-3-5-7-9-15-30(33)34/h11-14,26H,2-10,15-17H2,1H3,(H,27,29). The van der Waals surface area contributed by atoms with Crippen LogP contribution in [0, 0.1) is 22.9 Å². The molecule has 0 amide bonds. The summed E-state index contributed by atoms with van der Waals surface area (Å²) in [7, 11) is 0. The molecule has 0 unspecified atom stereocenters. The van der Waals surface area contributed by atoms with Crippen LogP contribution in [0.2, 0.25) is 0 Å². The van der Waals surface area contributed by atoms with E-state index in [-0.39, 0.29) is 36.6 Å². The molecule has 2 heterocycles. The summed E-state index contributed by atoms with van der Waals surface area (Å²) in [4.78, 5) is 24.7. The molecule has 3 rings (SSSR count). The van der Waals surface area contributed by atoms with Crippen molar-refractivity contribution in [1.82, 2.24) is 19.8 Å². The Morgan fingerprint density at radius 3 is 2.42 bits per heavy atom. The molecule has 11 nitrogen and oxygen atoms in total. The first-order valence-corrected chi connectivity index (χ1v) is 12.2. The molecule has 1 aromatic carbocycles. The molecule has 0 aliphatic heterocycles. The lowest BCUT2D eigenvalue weighted by atomic mass is 10.1. The minimum Gasteiger partial charge on any atom is -0.438 e. The Bertz CT molecular complexity index is 1110. The third kappa shape index (κ3) is 8.59. The summed E-state index contributed by atoms with van der Waals surface area (Å²) in [6.45, 7) is 1.69. The van der Waals surface area contributed by atoms with Crippen LogP contribution in [-0.4, -0.2) is 50.8 Å². The van der Waals surface area contributed by atoms with Crippen molar-refractivity contribution in [3.8, 4) is 11.4 Å². The molecule has 0 spiro atoms. The maximum absolute atomic E-state index is 13.9. The second-order valence-electron chi connectivity index (χ2n) is 8.58. The van der Waals surface area contributed by atoms with Gasteiger partial charge < -0.3 is 19.8 Å². The van der Waals surface area contributed by atoms with Gasteiger partial charge >= 0.3 is 5.97 Å². The predicted molar refractivity (Wildman–Crippen MR) is 131 cm³/mol. The van der Waals surface area contributed by atoms with E-state index < -0.39 is 5.82 Å². The third-order valence-electron chi connectivity index (χ3n) is 5.71. The monoisotopic (exact) mass is 504 g/mol. The van der Waals surface area contributed by atoms with Crippen LogP contribution in [0.3, 0.4) is 0 Å². The summed E-state index contributed by atoms with van der Waals surface area (Å²) in [5, 5.41) is 21.6. The van der Waals surface area contributed by atoms with E-state index in [1.807, 2.05) is 24.3 Å². The number of anilines is 1. The quantitative estimate of drug-likeness (QED) is 0.0875. The average molecular weight is 505 g/mol. The number of unbranched alkanes of at least 4 members (excludes halogenated alkanes) is 7. The molecular weight excluding hydrogens is 471 g/mol. The Kier molecular flexibility index (Phi) is 10.6. The van der Waals surface area contributed by atoms with Crippen LogP contribution in [0.1, 0.15) is 63.5 Å². The van der Waals surface area contributed by atoms with E-state index in [1.165, 1.54) is 4.63 Å². The molecule has 0 aliphatic rings. The highest BCUT2D eigenvalue weighted by atomic mass is 19.1. The lowest BCUT2D eigenvalue weighted by Crippen LogP contribution is -2.12. The van der Waals surface area contributed by atoms with Crippen molar-refractivity contribution < 1.29 is 23.6 Å². The molecule has 0 atom stereocenters. The zero-order valence-electron chi connectivity index (χ0n) is 20.5. The van der Waals surface area contributed by atoms with E-state index in [0.29, 0.717) is 24.4 Å². The highest BCUT2D eigenvalue weighted by Gasteiger charge is 2.14. The summed E-state index contributed by atoms with van der Waals surface area (Å²) in [5.74, 6) is -0.187. The lowest BCUT2D eigenvalue weighted by Gasteiger charge is -2.09. The van der Waals surface area contributed by atoms with Gasteiger partial charge in [-0.2, -0.15) is 5.10 Å². The van der Waals surface area contributed by atoms with Crippen molar-refractivity contribution >= 4 is 17.3 Å². The van der Waals surface area contributed by atoms with E-state index >= 15 is 0 Å². The van der Waals surface area contributed by atoms with Gasteiger partial charge in [-0.15, -0.1) is 9.73 Å². The SMILES string of the molecule is Cc1nn2nc(-c3ccc(NCOCOC(=O)CCCCCCCCCC[N+](=O)[O-])cc3)[nH]c2c1F. The number of aromatic nitrogens is 4. The summed E-state index contributed by atoms with van der Waals surface area (Å²) < 4.78 is 25.6. The van der Waals surface area contributed by atoms with E-state index in [0.717, 1.165) is 56.2 Å². The first-order valence-electron chi connectivity index (χ1n) is 12.2. The number of aryl methyl sites for hydroxylation is 1. The molecule has 12 heteroatoms. The number of hydrogen-bond donors (Lipinski definition) is 2. The Labute approximate surface area is 208 Å². The highest BCUT2D eigenvalue weighted by Crippen LogP contribution is 2.20. The number of carbonyl (C=O) groups is 1. The highest BCUT2D eigenvalue weighted by molar-refractivity contribution is 5.69. The second kappa shape index (κ2) is 14.1. The molecule has 196 valence electrons. The van der Waals surface area contributed by atoms with Gasteiger partial charge in [-0.25, -0.2) is 4.39 Å².